The summed E-state index contributed by atoms with van der Waals surface area (Å²) in [4.78, 5) is 17.0. The van der Waals surface area contributed by atoms with Crippen LogP contribution in [0.15, 0.2) is 24.3 Å². The molecule has 3 rings (SSSR count). The Hall–Kier alpha value is -1.43. The van der Waals surface area contributed by atoms with E-state index in [-0.39, 0.29) is 11.9 Å². The van der Waals surface area contributed by atoms with Gasteiger partial charge in [-0.15, -0.1) is 0 Å². The summed E-state index contributed by atoms with van der Waals surface area (Å²) >= 11 is 0. The lowest BCUT2D eigenvalue weighted by molar-refractivity contribution is -0.128. The largest absolute Gasteiger partial charge is 0.383 e. The molecule has 1 saturated heterocycles. The van der Waals surface area contributed by atoms with Gasteiger partial charge in [-0.05, 0) is 44.4 Å². The summed E-state index contributed by atoms with van der Waals surface area (Å²) in [6.45, 7) is 6.07. The zero-order valence-corrected chi connectivity index (χ0v) is 14.8. The number of hydrogen-bond acceptors (Lipinski definition) is 4. The minimum Gasteiger partial charge on any atom is -0.383 e. The fraction of sp³-hybridized carbons (Fsp3) is 0.632. The van der Waals surface area contributed by atoms with E-state index in [2.05, 4.69) is 28.2 Å². The number of amides is 1. The highest BCUT2D eigenvalue weighted by atomic mass is 16.3. The second kappa shape index (κ2) is 7.21. The average Bonchev–Trinajstić information content (AvgIpc) is 2.60. The predicted octanol–water partition coefficient (Wildman–Crippen LogP) is 0.963. The fourth-order valence-electron chi connectivity index (χ4n) is 3.84. The Labute approximate surface area is 144 Å². The van der Waals surface area contributed by atoms with Crippen molar-refractivity contribution in [2.75, 3.05) is 39.8 Å². The first kappa shape index (κ1) is 17.4. The summed E-state index contributed by atoms with van der Waals surface area (Å²) in [6.07, 6.45) is 2.66. The van der Waals surface area contributed by atoms with Gasteiger partial charge in [-0.3, -0.25) is 9.69 Å². The maximum Gasteiger partial charge on any atom is 0.237 e. The van der Waals surface area contributed by atoms with Gasteiger partial charge in [-0.25, -0.2) is 0 Å². The number of nitrogens with one attached hydrogen (secondary N) is 1. The van der Waals surface area contributed by atoms with Gasteiger partial charge in [0.05, 0.1) is 12.6 Å². The van der Waals surface area contributed by atoms with E-state index in [0.29, 0.717) is 13.0 Å². The summed E-state index contributed by atoms with van der Waals surface area (Å²) in [7, 11) is 2.11. The molecule has 2 N–H and O–H groups in total. The topological polar surface area (TPSA) is 55.8 Å². The zero-order chi connectivity index (χ0) is 17.2. The molecule has 24 heavy (non-hydrogen) atoms. The van der Waals surface area contributed by atoms with Gasteiger partial charge in [0.25, 0.3) is 0 Å². The number of piperazine rings is 1. The molecule has 2 atom stereocenters. The maximum absolute atomic E-state index is 12.5. The van der Waals surface area contributed by atoms with Crippen LogP contribution in [0, 0.1) is 0 Å². The van der Waals surface area contributed by atoms with E-state index < -0.39 is 5.60 Å². The normalized spacial score (nSPS) is 26.6. The van der Waals surface area contributed by atoms with Crippen LogP contribution in [0.3, 0.4) is 0 Å². The molecule has 5 nitrogen and oxygen atoms in total. The van der Waals surface area contributed by atoms with Gasteiger partial charge in [0, 0.05) is 26.2 Å². The van der Waals surface area contributed by atoms with E-state index in [1.807, 2.05) is 25.1 Å². The van der Waals surface area contributed by atoms with E-state index in [4.69, 9.17) is 0 Å². The smallest absolute Gasteiger partial charge is 0.237 e. The summed E-state index contributed by atoms with van der Waals surface area (Å²) in [5.41, 5.74) is 1.24. The Morgan fingerprint density at radius 1 is 1.29 bits per heavy atom. The lowest BCUT2D eigenvalue weighted by Crippen LogP contribution is -2.54. The first-order valence-corrected chi connectivity index (χ1v) is 9.01. The summed E-state index contributed by atoms with van der Waals surface area (Å²) < 4.78 is 0. The highest BCUT2D eigenvalue weighted by Gasteiger charge is 2.35. The first-order valence-electron chi connectivity index (χ1n) is 9.01. The van der Waals surface area contributed by atoms with Gasteiger partial charge in [-0.1, -0.05) is 24.3 Å². The van der Waals surface area contributed by atoms with Gasteiger partial charge >= 0.3 is 0 Å². The molecule has 1 aliphatic heterocycles. The zero-order valence-electron chi connectivity index (χ0n) is 14.8. The van der Waals surface area contributed by atoms with Crippen molar-refractivity contribution in [1.82, 2.24) is 15.1 Å². The van der Waals surface area contributed by atoms with Crippen molar-refractivity contribution in [3.63, 3.8) is 0 Å². The molecule has 0 spiro atoms. The summed E-state index contributed by atoms with van der Waals surface area (Å²) in [5.74, 6) is 0.0102. The number of carbonyl (C=O) groups excluding carboxylic acids is 1. The Morgan fingerprint density at radius 3 is 2.75 bits per heavy atom. The van der Waals surface area contributed by atoms with Gasteiger partial charge in [-0.2, -0.15) is 0 Å². The highest BCUT2D eigenvalue weighted by molar-refractivity contribution is 5.81. The number of likely N-dealkylation sites (N-methyl/N-ethyl adjacent to an activating group) is 1. The SMILES string of the molecule is CC(C(=O)NCC1(O)CCCc2ccccc21)N1CCN(C)CC1. The second-order valence-corrected chi connectivity index (χ2v) is 7.28. The summed E-state index contributed by atoms with van der Waals surface area (Å²) in [6, 6.07) is 7.89. The molecule has 0 saturated carbocycles. The Balaban J connectivity index is 1.60. The van der Waals surface area contributed by atoms with Gasteiger partial charge in [0.1, 0.15) is 5.60 Å². The van der Waals surface area contributed by atoms with Crippen molar-refractivity contribution in [2.45, 2.75) is 37.8 Å². The lowest BCUT2D eigenvalue weighted by Gasteiger charge is -2.37. The Kier molecular flexibility index (Phi) is 5.23. The van der Waals surface area contributed by atoms with Gasteiger partial charge in [0.2, 0.25) is 5.91 Å². The number of nitrogens with zero attached hydrogens (tertiary/aromatic N) is 2. The molecular weight excluding hydrogens is 302 g/mol. The van der Waals surface area contributed by atoms with Crippen LogP contribution in [0.4, 0.5) is 0 Å². The van der Waals surface area contributed by atoms with Crippen molar-refractivity contribution < 1.29 is 9.90 Å². The Bertz CT molecular complexity index is 584. The molecular formula is C19H29N3O2. The van der Waals surface area contributed by atoms with E-state index in [1.165, 1.54) is 5.56 Å². The van der Waals surface area contributed by atoms with Crippen molar-refractivity contribution >= 4 is 5.91 Å². The Morgan fingerprint density at radius 2 is 2.00 bits per heavy atom. The molecule has 1 heterocycles. The quantitative estimate of drug-likeness (QED) is 0.863. The molecule has 1 fully saturated rings. The second-order valence-electron chi connectivity index (χ2n) is 7.28. The van der Waals surface area contributed by atoms with Crippen molar-refractivity contribution in [3.05, 3.63) is 35.4 Å². The van der Waals surface area contributed by atoms with Gasteiger partial charge < -0.3 is 15.3 Å². The number of fused-ring (bicyclic) bond motifs is 1. The first-order chi connectivity index (χ1) is 11.5. The van der Waals surface area contributed by atoms with E-state index in [1.54, 1.807) is 0 Å². The fourth-order valence-corrected chi connectivity index (χ4v) is 3.84. The molecule has 132 valence electrons. The number of carbonyl (C=O) groups is 1. The van der Waals surface area contributed by atoms with Crippen LogP contribution in [0.5, 0.6) is 0 Å². The molecule has 0 radical (unpaired) electrons. The van der Waals surface area contributed by atoms with E-state index >= 15 is 0 Å². The monoisotopic (exact) mass is 331 g/mol. The number of aryl methyl sites for hydroxylation is 1. The number of aliphatic hydroxyl groups is 1. The van der Waals surface area contributed by atoms with Crippen LogP contribution in [0.2, 0.25) is 0 Å². The highest BCUT2D eigenvalue weighted by Crippen LogP contribution is 2.34. The van der Waals surface area contributed by atoms with E-state index in [0.717, 1.165) is 44.6 Å². The third-order valence-electron chi connectivity index (χ3n) is 5.58. The van der Waals surface area contributed by atoms with Crippen LogP contribution in [0.1, 0.15) is 30.9 Å². The molecule has 2 unspecified atom stereocenters. The predicted molar refractivity (Wildman–Crippen MR) is 94.8 cm³/mol. The maximum atomic E-state index is 12.5. The molecule has 5 heteroatoms. The van der Waals surface area contributed by atoms with E-state index in [9.17, 15) is 9.90 Å². The molecule has 0 aromatic heterocycles. The van der Waals surface area contributed by atoms with Crippen LogP contribution in [-0.2, 0) is 16.8 Å². The van der Waals surface area contributed by atoms with Crippen molar-refractivity contribution in [1.29, 1.82) is 0 Å². The van der Waals surface area contributed by atoms with Crippen molar-refractivity contribution in [2.24, 2.45) is 0 Å². The minimum absolute atomic E-state index is 0.0102. The standard InChI is InChI=1S/C19H29N3O2/c1-15(22-12-10-21(2)11-13-22)18(23)20-14-19(24)9-5-7-16-6-3-4-8-17(16)19/h3-4,6,8,15,24H,5,7,9-14H2,1-2H3,(H,20,23). The molecule has 1 aliphatic carbocycles. The molecule has 1 aromatic rings. The van der Waals surface area contributed by atoms with Crippen LogP contribution in [0.25, 0.3) is 0 Å². The van der Waals surface area contributed by atoms with Crippen LogP contribution >= 0.6 is 0 Å². The third-order valence-corrected chi connectivity index (χ3v) is 5.58. The molecule has 1 aromatic carbocycles. The molecule has 1 amide bonds. The summed E-state index contributed by atoms with van der Waals surface area (Å²) in [5, 5.41) is 14.1. The number of hydrogen-bond donors (Lipinski definition) is 2. The van der Waals surface area contributed by atoms with Gasteiger partial charge in [0.15, 0.2) is 0 Å². The lowest BCUT2D eigenvalue weighted by atomic mass is 9.79. The third kappa shape index (κ3) is 3.63. The average molecular weight is 331 g/mol. The van der Waals surface area contributed by atoms with Crippen LogP contribution < -0.4 is 5.32 Å². The number of benzene rings is 1. The van der Waals surface area contributed by atoms with Crippen LogP contribution in [-0.4, -0.2) is 66.6 Å². The van der Waals surface area contributed by atoms with Crippen molar-refractivity contribution in [3.8, 4) is 0 Å². The minimum atomic E-state index is -0.938. The molecule has 0 bridgehead atoms. The molecule has 2 aliphatic rings. The number of rotatable bonds is 4.